The van der Waals surface area contributed by atoms with E-state index in [1.54, 1.807) is 29.2 Å². The molecule has 0 bridgehead atoms. The summed E-state index contributed by atoms with van der Waals surface area (Å²) in [6.45, 7) is 6.05. The van der Waals surface area contributed by atoms with Crippen LogP contribution in [-0.2, 0) is 20.2 Å². The lowest BCUT2D eigenvalue weighted by atomic mass is 9.93. The molecule has 9 heteroatoms. The average molecular weight is 449 g/mol. The summed E-state index contributed by atoms with van der Waals surface area (Å²) in [6, 6.07) is 4.58. The van der Waals surface area contributed by atoms with Crippen LogP contribution in [-0.4, -0.2) is 23.9 Å². The zero-order valence-corrected chi connectivity index (χ0v) is 18.7. The van der Waals surface area contributed by atoms with Crippen molar-refractivity contribution < 1.29 is 13.2 Å². The van der Waals surface area contributed by atoms with Crippen LogP contribution in [0.3, 0.4) is 0 Å². The summed E-state index contributed by atoms with van der Waals surface area (Å²) in [6.07, 6.45) is 8.81. The van der Waals surface area contributed by atoms with E-state index in [9.17, 15) is 13.2 Å². The smallest absolute Gasteiger partial charge is 0.240 e. The van der Waals surface area contributed by atoms with Gasteiger partial charge in [0.2, 0.25) is 15.9 Å². The molecule has 160 valence electrons. The number of rotatable bonds is 5. The number of halogens is 1. The van der Waals surface area contributed by atoms with Crippen molar-refractivity contribution >= 4 is 33.2 Å². The largest absolute Gasteiger partial charge is 0.326 e. The van der Waals surface area contributed by atoms with Gasteiger partial charge < -0.3 is 9.88 Å². The van der Waals surface area contributed by atoms with Gasteiger partial charge >= 0.3 is 0 Å². The molecular weight excluding hydrogens is 424 g/mol. The first-order valence-corrected chi connectivity index (χ1v) is 11.4. The molecule has 1 amide bonds. The lowest BCUT2D eigenvalue weighted by Crippen LogP contribution is -2.17. The van der Waals surface area contributed by atoms with Crippen LogP contribution < -0.4 is 10.5 Å². The number of hydrogen-bond acceptors (Lipinski definition) is 4. The molecule has 1 aromatic carbocycles. The maximum Gasteiger partial charge on any atom is 0.240 e. The molecule has 1 heterocycles. The molecule has 3 N–H and O–H groups in total. The van der Waals surface area contributed by atoms with Gasteiger partial charge in [0.15, 0.2) is 0 Å². The Balaban J connectivity index is 1.89. The Bertz CT molecular complexity index is 1140. The number of imidazole rings is 1. The molecular formula is C21H25ClN4O3S. The van der Waals surface area contributed by atoms with E-state index in [0.717, 1.165) is 17.7 Å². The number of benzene rings is 1. The maximum absolute atomic E-state index is 12.4. The van der Waals surface area contributed by atoms with E-state index in [2.05, 4.69) is 10.3 Å². The van der Waals surface area contributed by atoms with Crippen molar-refractivity contribution in [3.05, 3.63) is 59.2 Å². The molecule has 0 atom stereocenters. The number of anilines is 1. The molecule has 1 aromatic heterocycles. The second-order valence-corrected chi connectivity index (χ2v) is 10.2. The fourth-order valence-corrected chi connectivity index (χ4v) is 4.09. The molecule has 3 rings (SSSR count). The fraction of sp³-hybridized carbons (Fsp3) is 0.333. The Morgan fingerprint density at radius 3 is 2.67 bits per heavy atom. The number of allylic oxidation sites excluding steroid dienone is 3. The van der Waals surface area contributed by atoms with Crippen molar-refractivity contribution in [2.24, 2.45) is 5.14 Å². The van der Waals surface area contributed by atoms with Gasteiger partial charge in [-0.1, -0.05) is 44.5 Å². The molecule has 30 heavy (non-hydrogen) atoms. The quantitative estimate of drug-likeness (QED) is 0.720. The van der Waals surface area contributed by atoms with E-state index < -0.39 is 10.0 Å². The van der Waals surface area contributed by atoms with E-state index in [-0.39, 0.29) is 22.6 Å². The van der Waals surface area contributed by atoms with E-state index >= 15 is 0 Å². The van der Waals surface area contributed by atoms with Crippen molar-refractivity contribution in [2.75, 3.05) is 5.32 Å². The second-order valence-electron chi connectivity index (χ2n) is 8.24. The fourth-order valence-electron chi connectivity index (χ4n) is 3.09. The zero-order valence-electron chi connectivity index (χ0n) is 17.1. The Morgan fingerprint density at radius 1 is 1.33 bits per heavy atom. The molecule has 0 spiro atoms. The van der Waals surface area contributed by atoms with E-state index in [1.807, 2.05) is 32.9 Å². The van der Waals surface area contributed by atoms with Crippen LogP contribution >= 0.6 is 11.6 Å². The van der Waals surface area contributed by atoms with Crippen LogP contribution in [0.4, 0.5) is 5.69 Å². The van der Waals surface area contributed by atoms with E-state index in [4.69, 9.17) is 16.7 Å². The second kappa shape index (κ2) is 8.37. The third-order valence-corrected chi connectivity index (χ3v) is 6.10. The molecule has 1 aliphatic carbocycles. The minimum atomic E-state index is -4.04. The van der Waals surface area contributed by atoms with Gasteiger partial charge in [-0.25, -0.2) is 18.5 Å². The van der Waals surface area contributed by atoms with E-state index in [1.165, 1.54) is 6.07 Å². The predicted octanol–water partition coefficient (Wildman–Crippen LogP) is 3.99. The van der Waals surface area contributed by atoms with Gasteiger partial charge in [-0.15, -0.1) is 0 Å². The standard InChI is InChI=1S/C21H25ClN4O3S/c1-21(2,3)19-12-26(13-24-19)17-9-8-15(11-18(17)30(23,28)29)25-20(27)10-14-6-4-5-7-16(14)22/h4,6,8-9,11-13H,5,7,10H2,1-3H3,(H,25,27)(H2,23,28,29). The van der Waals surface area contributed by atoms with Gasteiger partial charge in [0.05, 0.1) is 24.1 Å². The van der Waals surface area contributed by atoms with Gasteiger partial charge in [0.25, 0.3) is 0 Å². The van der Waals surface area contributed by atoms with Gasteiger partial charge in [-0.2, -0.15) is 0 Å². The molecule has 7 nitrogen and oxygen atoms in total. The van der Waals surface area contributed by atoms with E-state index in [0.29, 0.717) is 22.8 Å². The van der Waals surface area contributed by atoms with Crippen LogP contribution in [0.25, 0.3) is 5.69 Å². The summed E-state index contributed by atoms with van der Waals surface area (Å²) in [5.41, 5.74) is 2.08. The lowest BCUT2D eigenvalue weighted by molar-refractivity contribution is -0.115. The number of sulfonamides is 1. The van der Waals surface area contributed by atoms with Crippen LogP contribution in [0.5, 0.6) is 0 Å². The number of hydrogen-bond donors (Lipinski definition) is 2. The Hall–Kier alpha value is -2.42. The monoisotopic (exact) mass is 448 g/mol. The van der Waals surface area contributed by atoms with Crippen LogP contribution in [0.1, 0.15) is 45.7 Å². The average Bonchev–Trinajstić information content (AvgIpc) is 3.13. The summed E-state index contributed by atoms with van der Waals surface area (Å²) in [7, 11) is -4.04. The summed E-state index contributed by atoms with van der Waals surface area (Å²) in [5.74, 6) is -0.291. The highest BCUT2D eigenvalue weighted by atomic mass is 35.5. The Labute approximate surface area is 181 Å². The summed E-state index contributed by atoms with van der Waals surface area (Å²) >= 11 is 6.18. The summed E-state index contributed by atoms with van der Waals surface area (Å²) in [4.78, 5) is 16.7. The van der Waals surface area contributed by atoms with Crippen molar-refractivity contribution in [1.29, 1.82) is 0 Å². The molecule has 0 aliphatic heterocycles. The van der Waals surface area contributed by atoms with Crippen molar-refractivity contribution in [3.63, 3.8) is 0 Å². The van der Waals surface area contributed by atoms with Gasteiger partial charge in [-0.3, -0.25) is 4.79 Å². The van der Waals surface area contributed by atoms with Crippen LogP contribution in [0, 0.1) is 0 Å². The molecule has 1 aliphatic rings. The van der Waals surface area contributed by atoms with Crippen molar-refractivity contribution in [2.45, 2.75) is 50.3 Å². The number of nitrogens with one attached hydrogen (secondary N) is 1. The molecule has 0 unspecified atom stereocenters. The molecule has 0 saturated heterocycles. The molecule has 0 radical (unpaired) electrons. The first-order valence-electron chi connectivity index (χ1n) is 9.51. The highest BCUT2D eigenvalue weighted by Gasteiger charge is 2.21. The number of carbonyl (C=O) groups excluding carboxylic acids is 1. The highest BCUT2D eigenvalue weighted by Crippen LogP contribution is 2.28. The number of nitrogens with two attached hydrogens (primary N) is 1. The molecule has 0 saturated carbocycles. The first-order chi connectivity index (χ1) is 13.9. The minimum Gasteiger partial charge on any atom is -0.326 e. The molecule has 2 aromatic rings. The SMILES string of the molecule is CC(C)(C)c1cn(-c2ccc(NC(=O)CC3=C(Cl)CCC=C3)cc2S(N)(=O)=O)cn1. The lowest BCUT2D eigenvalue weighted by Gasteiger charge is -2.15. The molecule has 0 fully saturated rings. The van der Waals surface area contributed by atoms with Gasteiger partial charge in [0.1, 0.15) is 4.90 Å². The number of carbonyl (C=O) groups is 1. The zero-order chi connectivity index (χ0) is 22.1. The Morgan fingerprint density at radius 2 is 2.07 bits per heavy atom. The van der Waals surface area contributed by atoms with Crippen molar-refractivity contribution in [3.8, 4) is 5.69 Å². The highest BCUT2D eigenvalue weighted by molar-refractivity contribution is 7.89. The maximum atomic E-state index is 12.4. The first kappa shape index (κ1) is 22.3. The normalized spacial score (nSPS) is 14.8. The summed E-state index contributed by atoms with van der Waals surface area (Å²) in [5, 5.41) is 8.84. The van der Waals surface area contributed by atoms with Crippen LogP contribution in [0.15, 0.2) is 58.4 Å². The number of amides is 1. The number of nitrogens with zero attached hydrogens (tertiary/aromatic N) is 2. The van der Waals surface area contributed by atoms with Gasteiger partial charge in [-0.05, 0) is 36.6 Å². The summed E-state index contributed by atoms with van der Waals surface area (Å²) < 4.78 is 26.1. The number of primary sulfonamides is 1. The van der Waals surface area contributed by atoms with Gasteiger partial charge in [0, 0.05) is 22.3 Å². The predicted molar refractivity (Wildman–Crippen MR) is 118 cm³/mol. The third kappa shape index (κ3) is 5.19. The Kier molecular flexibility index (Phi) is 6.21. The minimum absolute atomic E-state index is 0.104. The van der Waals surface area contributed by atoms with Crippen molar-refractivity contribution in [1.82, 2.24) is 9.55 Å². The van der Waals surface area contributed by atoms with Crippen LogP contribution in [0.2, 0.25) is 0 Å². The number of aromatic nitrogens is 2. The third-order valence-electron chi connectivity index (χ3n) is 4.73. The topological polar surface area (TPSA) is 107 Å².